The zero-order valence-corrected chi connectivity index (χ0v) is 14.2. The van der Waals surface area contributed by atoms with Crippen LogP contribution in [0.4, 0.5) is 10.5 Å². The molecule has 0 saturated heterocycles. The first-order valence-electron chi connectivity index (χ1n) is 6.52. The molecule has 0 aliphatic heterocycles. The Morgan fingerprint density at radius 1 is 1.38 bits per heavy atom. The predicted octanol–water partition coefficient (Wildman–Crippen LogP) is 3.97. The van der Waals surface area contributed by atoms with Gasteiger partial charge in [0.1, 0.15) is 0 Å². The van der Waals surface area contributed by atoms with Crippen molar-refractivity contribution in [2.45, 2.75) is 20.3 Å². The van der Waals surface area contributed by atoms with E-state index in [0.29, 0.717) is 17.1 Å². The predicted molar refractivity (Wildman–Crippen MR) is 86.8 cm³/mol. The molecule has 0 spiro atoms. The van der Waals surface area contributed by atoms with E-state index in [1.165, 1.54) is 0 Å². The number of urea groups is 1. The highest BCUT2D eigenvalue weighted by Crippen LogP contribution is 2.25. The molecule has 5 nitrogen and oxygen atoms in total. The first-order valence-corrected chi connectivity index (χ1v) is 7.69. The lowest BCUT2D eigenvalue weighted by molar-refractivity contribution is -0.142. The Morgan fingerprint density at radius 2 is 2.05 bits per heavy atom. The van der Waals surface area contributed by atoms with Crippen molar-refractivity contribution in [1.82, 2.24) is 5.32 Å². The maximum absolute atomic E-state index is 11.8. The molecule has 0 fully saturated rings. The van der Waals surface area contributed by atoms with Crippen LogP contribution >= 0.6 is 27.5 Å². The van der Waals surface area contributed by atoms with Gasteiger partial charge in [-0.3, -0.25) is 4.79 Å². The highest BCUT2D eigenvalue weighted by atomic mass is 79.9. The van der Waals surface area contributed by atoms with Crippen LogP contribution in [0.25, 0.3) is 0 Å². The number of carboxylic acids is 1. The van der Waals surface area contributed by atoms with Crippen LogP contribution in [-0.4, -0.2) is 23.7 Å². The molecule has 0 radical (unpaired) electrons. The van der Waals surface area contributed by atoms with E-state index in [9.17, 15) is 9.59 Å². The summed E-state index contributed by atoms with van der Waals surface area (Å²) < 4.78 is 0.734. The van der Waals surface area contributed by atoms with Gasteiger partial charge in [-0.15, -0.1) is 0 Å². The van der Waals surface area contributed by atoms with Gasteiger partial charge in [0.15, 0.2) is 0 Å². The van der Waals surface area contributed by atoms with E-state index < -0.39 is 17.9 Å². The summed E-state index contributed by atoms with van der Waals surface area (Å²) in [6, 6.07) is 4.56. The molecule has 21 heavy (non-hydrogen) atoms. The van der Waals surface area contributed by atoms with Crippen LogP contribution in [0, 0.1) is 11.8 Å². The van der Waals surface area contributed by atoms with E-state index in [-0.39, 0.29) is 12.5 Å². The number of carbonyl (C=O) groups is 2. The molecule has 2 amide bonds. The topological polar surface area (TPSA) is 78.4 Å². The van der Waals surface area contributed by atoms with Gasteiger partial charge in [-0.25, -0.2) is 4.79 Å². The summed E-state index contributed by atoms with van der Waals surface area (Å²) in [5.41, 5.74) is 0.538. The molecule has 0 heterocycles. The molecule has 1 aromatic carbocycles. The summed E-state index contributed by atoms with van der Waals surface area (Å²) in [6.07, 6.45) is 0.514. The Labute approximate surface area is 137 Å². The van der Waals surface area contributed by atoms with Crippen molar-refractivity contribution in [2.24, 2.45) is 11.8 Å². The molecule has 0 aliphatic rings. The monoisotopic (exact) mass is 376 g/mol. The zero-order chi connectivity index (χ0) is 16.0. The van der Waals surface area contributed by atoms with Gasteiger partial charge in [0.05, 0.1) is 10.9 Å². The minimum absolute atomic E-state index is 0.0869. The summed E-state index contributed by atoms with van der Waals surface area (Å²) in [4.78, 5) is 22.8. The van der Waals surface area contributed by atoms with Crippen molar-refractivity contribution in [1.29, 1.82) is 0 Å². The number of benzene rings is 1. The first kappa shape index (κ1) is 17.8. The van der Waals surface area contributed by atoms with Gasteiger partial charge in [0.2, 0.25) is 0 Å². The number of amides is 2. The average Bonchev–Trinajstić information content (AvgIpc) is 2.38. The van der Waals surface area contributed by atoms with Gasteiger partial charge in [0.25, 0.3) is 0 Å². The molecule has 7 heteroatoms. The summed E-state index contributed by atoms with van der Waals surface area (Å²) in [7, 11) is 0. The average molecular weight is 378 g/mol. The van der Waals surface area contributed by atoms with Crippen LogP contribution in [0.15, 0.2) is 22.7 Å². The van der Waals surface area contributed by atoms with Crippen molar-refractivity contribution < 1.29 is 14.7 Å². The Balaban J connectivity index is 2.52. The number of hydrogen-bond donors (Lipinski definition) is 3. The van der Waals surface area contributed by atoms with Crippen molar-refractivity contribution >= 4 is 45.2 Å². The number of rotatable bonds is 6. The Morgan fingerprint density at radius 3 is 2.57 bits per heavy atom. The second-order valence-corrected chi connectivity index (χ2v) is 6.39. The number of halogens is 2. The molecule has 3 N–H and O–H groups in total. The molecule has 1 aromatic rings. The van der Waals surface area contributed by atoms with Crippen LogP contribution in [-0.2, 0) is 4.79 Å². The largest absolute Gasteiger partial charge is 0.481 e. The quantitative estimate of drug-likeness (QED) is 0.702. The SMILES string of the molecule is CC(C)CC(CNC(=O)Nc1ccc(Br)c(Cl)c1)C(=O)O. The number of carboxylic acid groups (broad SMARTS) is 1. The zero-order valence-electron chi connectivity index (χ0n) is 11.8. The lowest BCUT2D eigenvalue weighted by Crippen LogP contribution is -2.36. The molecule has 0 saturated carbocycles. The van der Waals surface area contributed by atoms with Crippen LogP contribution in [0.1, 0.15) is 20.3 Å². The van der Waals surface area contributed by atoms with Crippen LogP contribution in [0.3, 0.4) is 0 Å². The van der Waals surface area contributed by atoms with E-state index in [1.54, 1.807) is 18.2 Å². The number of nitrogens with one attached hydrogen (secondary N) is 2. The molecule has 0 aromatic heterocycles. The van der Waals surface area contributed by atoms with Gasteiger partial charge in [-0.05, 0) is 46.5 Å². The number of anilines is 1. The van der Waals surface area contributed by atoms with Crippen LogP contribution in [0.2, 0.25) is 5.02 Å². The van der Waals surface area contributed by atoms with E-state index in [4.69, 9.17) is 16.7 Å². The van der Waals surface area contributed by atoms with Gasteiger partial charge in [0, 0.05) is 16.7 Å². The Bertz CT molecular complexity index is 523. The fourth-order valence-electron chi connectivity index (χ4n) is 1.81. The third kappa shape index (κ3) is 6.35. The molecular formula is C14H18BrClN2O3. The fraction of sp³-hybridized carbons (Fsp3) is 0.429. The van der Waals surface area contributed by atoms with Crippen molar-refractivity contribution in [2.75, 3.05) is 11.9 Å². The standard InChI is InChI=1S/C14H18BrClN2O3/c1-8(2)5-9(13(19)20)7-17-14(21)18-10-3-4-11(15)12(16)6-10/h3-4,6,8-9H,5,7H2,1-2H3,(H,19,20)(H2,17,18,21). The first-order chi connectivity index (χ1) is 9.79. The van der Waals surface area contributed by atoms with Gasteiger partial charge >= 0.3 is 12.0 Å². The van der Waals surface area contributed by atoms with Crippen molar-refractivity contribution in [3.05, 3.63) is 27.7 Å². The second kappa shape index (κ2) is 8.24. The molecular weight excluding hydrogens is 360 g/mol. The molecule has 1 unspecified atom stereocenters. The molecule has 1 rings (SSSR count). The highest BCUT2D eigenvalue weighted by Gasteiger charge is 2.19. The lowest BCUT2D eigenvalue weighted by Gasteiger charge is -2.15. The normalized spacial score (nSPS) is 12.0. The van der Waals surface area contributed by atoms with E-state index in [0.717, 1.165) is 4.47 Å². The van der Waals surface area contributed by atoms with Crippen LogP contribution < -0.4 is 10.6 Å². The van der Waals surface area contributed by atoms with Gasteiger partial charge < -0.3 is 15.7 Å². The number of hydrogen-bond acceptors (Lipinski definition) is 2. The van der Waals surface area contributed by atoms with Crippen molar-refractivity contribution in [3.8, 4) is 0 Å². The smallest absolute Gasteiger partial charge is 0.319 e. The Kier molecular flexibility index (Phi) is 6.98. The third-order valence-electron chi connectivity index (χ3n) is 2.79. The molecule has 1 atom stereocenters. The van der Waals surface area contributed by atoms with Gasteiger partial charge in [-0.1, -0.05) is 25.4 Å². The third-order valence-corrected chi connectivity index (χ3v) is 4.02. The van der Waals surface area contributed by atoms with E-state index in [2.05, 4.69) is 26.6 Å². The minimum Gasteiger partial charge on any atom is -0.481 e. The maximum Gasteiger partial charge on any atom is 0.319 e. The highest BCUT2D eigenvalue weighted by molar-refractivity contribution is 9.10. The molecule has 0 aliphatic carbocycles. The number of aliphatic carboxylic acids is 1. The molecule has 116 valence electrons. The number of carbonyl (C=O) groups excluding carboxylic acids is 1. The summed E-state index contributed by atoms with van der Waals surface area (Å²) in [6.45, 7) is 3.98. The Hall–Kier alpha value is -1.27. The minimum atomic E-state index is -0.907. The fourth-order valence-corrected chi connectivity index (χ4v) is 2.23. The molecule has 0 bridgehead atoms. The van der Waals surface area contributed by atoms with Crippen molar-refractivity contribution in [3.63, 3.8) is 0 Å². The second-order valence-electron chi connectivity index (χ2n) is 5.13. The summed E-state index contributed by atoms with van der Waals surface area (Å²) >= 11 is 9.19. The van der Waals surface area contributed by atoms with Crippen LogP contribution in [0.5, 0.6) is 0 Å². The van der Waals surface area contributed by atoms with E-state index >= 15 is 0 Å². The van der Waals surface area contributed by atoms with E-state index in [1.807, 2.05) is 13.8 Å². The maximum atomic E-state index is 11.8. The lowest BCUT2D eigenvalue weighted by atomic mass is 9.97. The van der Waals surface area contributed by atoms with Gasteiger partial charge in [-0.2, -0.15) is 0 Å². The summed E-state index contributed by atoms with van der Waals surface area (Å²) in [5, 5.41) is 14.8. The summed E-state index contributed by atoms with van der Waals surface area (Å²) in [5.74, 6) is -1.25.